The number of carbonyl (C=O) groups excluding carboxylic acids is 2. The topological polar surface area (TPSA) is 79.8 Å². The molecule has 2 N–H and O–H groups in total. The Bertz CT molecular complexity index is 835. The highest BCUT2D eigenvalue weighted by Gasteiger charge is 2.25. The summed E-state index contributed by atoms with van der Waals surface area (Å²) >= 11 is 6.05. The van der Waals surface area contributed by atoms with Crippen molar-refractivity contribution in [3.8, 4) is 5.75 Å². The minimum Gasteiger partial charge on any atom is -0.494 e. The first-order valence-corrected chi connectivity index (χ1v) is 9.41. The van der Waals surface area contributed by atoms with Crippen LogP contribution in [0.15, 0.2) is 53.6 Å². The number of ether oxygens (including phenoxy) is 1. The van der Waals surface area contributed by atoms with E-state index in [1.165, 1.54) is 6.21 Å². The largest absolute Gasteiger partial charge is 0.494 e. The molecule has 1 unspecified atom stereocenters. The minimum atomic E-state index is -0.749. The molecular weight excluding hydrogens is 378 g/mol. The van der Waals surface area contributed by atoms with Crippen LogP contribution in [0, 0.1) is 5.92 Å². The van der Waals surface area contributed by atoms with Gasteiger partial charge in [0.2, 0.25) is 0 Å². The van der Waals surface area contributed by atoms with Gasteiger partial charge in [-0.15, -0.1) is 0 Å². The summed E-state index contributed by atoms with van der Waals surface area (Å²) in [6.07, 6.45) is 1.53. The monoisotopic (exact) mass is 401 g/mol. The van der Waals surface area contributed by atoms with E-state index in [1.807, 2.05) is 45.0 Å². The number of benzene rings is 2. The Morgan fingerprint density at radius 1 is 1.14 bits per heavy atom. The van der Waals surface area contributed by atoms with E-state index in [0.29, 0.717) is 17.2 Å². The summed E-state index contributed by atoms with van der Waals surface area (Å²) in [6, 6.07) is 13.3. The maximum absolute atomic E-state index is 12.5. The third kappa shape index (κ3) is 6.09. The molecule has 0 aliphatic heterocycles. The second-order valence-corrected chi connectivity index (χ2v) is 6.82. The van der Waals surface area contributed by atoms with Crippen LogP contribution in [0.25, 0.3) is 0 Å². The first-order chi connectivity index (χ1) is 13.4. The van der Waals surface area contributed by atoms with Gasteiger partial charge in [-0.2, -0.15) is 5.10 Å². The Balaban J connectivity index is 1.98. The van der Waals surface area contributed by atoms with Gasteiger partial charge in [0.05, 0.1) is 23.4 Å². The van der Waals surface area contributed by atoms with Gasteiger partial charge in [0.1, 0.15) is 11.8 Å². The average molecular weight is 402 g/mol. The molecule has 0 fully saturated rings. The Morgan fingerprint density at radius 3 is 2.43 bits per heavy atom. The number of carbonyl (C=O) groups is 2. The van der Waals surface area contributed by atoms with Crippen molar-refractivity contribution in [2.24, 2.45) is 11.0 Å². The van der Waals surface area contributed by atoms with E-state index in [-0.39, 0.29) is 5.92 Å². The van der Waals surface area contributed by atoms with Crippen LogP contribution in [0.1, 0.15) is 36.7 Å². The van der Waals surface area contributed by atoms with Gasteiger partial charge >= 0.3 is 0 Å². The van der Waals surface area contributed by atoms with Crippen LogP contribution in [0.4, 0.5) is 0 Å². The summed E-state index contributed by atoms with van der Waals surface area (Å²) in [5.74, 6) is -0.175. The molecule has 2 aromatic carbocycles. The number of rotatable bonds is 8. The molecule has 0 radical (unpaired) electrons. The number of amides is 2. The van der Waals surface area contributed by atoms with Gasteiger partial charge in [0, 0.05) is 0 Å². The van der Waals surface area contributed by atoms with E-state index in [0.717, 1.165) is 11.3 Å². The Morgan fingerprint density at radius 2 is 1.82 bits per heavy atom. The van der Waals surface area contributed by atoms with Crippen LogP contribution in [-0.2, 0) is 4.79 Å². The molecule has 28 heavy (non-hydrogen) atoms. The smallest absolute Gasteiger partial charge is 0.262 e. The van der Waals surface area contributed by atoms with Gasteiger partial charge in [-0.3, -0.25) is 9.59 Å². The lowest BCUT2D eigenvalue weighted by Crippen LogP contribution is -2.48. The molecule has 2 rings (SSSR count). The number of halogens is 1. The zero-order chi connectivity index (χ0) is 20.5. The van der Waals surface area contributed by atoms with Crippen molar-refractivity contribution >= 4 is 29.6 Å². The molecular formula is C21H24ClN3O3. The Kier molecular flexibility index (Phi) is 8.02. The molecule has 2 amide bonds. The van der Waals surface area contributed by atoms with Crippen LogP contribution in [-0.4, -0.2) is 30.7 Å². The zero-order valence-electron chi connectivity index (χ0n) is 16.1. The van der Waals surface area contributed by atoms with Gasteiger partial charge in [0.25, 0.3) is 11.8 Å². The van der Waals surface area contributed by atoms with Gasteiger partial charge in [-0.25, -0.2) is 5.43 Å². The van der Waals surface area contributed by atoms with E-state index in [4.69, 9.17) is 16.3 Å². The van der Waals surface area contributed by atoms with Crippen molar-refractivity contribution in [2.45, 2.75) is 26.8 Å². The lowest BCUT2D eigenvalue weighted by Gasteiger charge is -2.20. The fourth-order valence-electron chi connectivity index (χ4n) is 2.46. The molecule has 0 aliphatic rings. The van der Waals surface area contributed by atoms with Crippen molar-refractivity contribution in [3.63, 3.8) is 0 Å². The standard InChI is InChI=1S/C21H24ClN3O3/c1-4-28-16-11-9-15(10-12-16)13-23-25-21(27)19(14(2)3)24-20(26)17-7-5-6-8-18(17)22/h5-14,19H,4H2,1-3H3,(H,24,26)(H,25,27)/b23-13+. The maximum Gasteiger partial charge on any atom is 0.262 e. The summed E-state index contributed by atoms with van der Waals surface area (Å²) in [6.45, 7) is 6.20. The molecule has 1 atom stereocenters. The van der Waals surface area contributed by atoms with E-state index in [1.54, 1.807) is 24.3 Å². The molecule has 0 bridgehead atoms. The molecule has 0 heterocycles. The van der Waals surface area contributed by atoms with E-state index in [2.05, 4.69) is 15.8 Å². The quantitative estimate of drug-likeness (QED) is 0.523. The van der Waals surface area contributed by atoms with Gasteiger partial charge in [-0.1, -0.05) is 37.6 Å². The van der Waals surface area contributed by atoms with Crippen LogP contribution in [0.2, 0.25) is 5.02 Å². The van der Waals surface area contributed by atoms with E-state index in [9.17, 15) is 9.59 Å². The predicted octanol–water partition coefficient (Wildman–Crippen LogP) is 3.64. The molecule has 0 saturated carbocycles. The second-order valence-electron chi connectivity index (χ2n) is 6.41. The molecule has 0 aliphatic carbocycles. The number of hydrogen-bond donors (Lipinski definition) is 2. The molecule has 2 aromatic rings. The molecule has 7 heteroatoms. The number of hydrogen-bond acceptors (Lipinski definition) is 4. The van der Waals surface area contributed by atoms with E-state index < -0.39 is 17.9 Å². The first kappa shape index (κ1) is 21.4. The maximum atomic E-state index is 12.5. The van der Waals surface area contributed by atoms with Crippen molar-refractivity contribution in [1.82, 2.24) is 10.7 Å². The van der Waals surface area contributed by atoms with Crippen molar-refractivity contribution in [1.29, 1.82) is 0 Å². The van der Waals surface area contributed by atoms with Crippen LogP contribution in [0.5, 0.6) is 5.75 Å². The summed E-state index contributed by atoms with van der Waals surface area (Å²) < 4.78 is 5.38. The Hall–Kier alpha value is -2.86. The second kappa shape index (κ2) is 10.5. The average Bonchev–Trinajstić information content (AvgIpc) is 2.67. The van der Waals surface area contributed by atoms with Crippen LogP contribution in [0.3, 0.4) is 0 Å². The summed E-state index contributed by atoms with van der Waals surface area (Å²) in [5.41, 5.74) is 3.61. The van der Waals surface area contributed by atoms with Gasteiger partial charge in [-0.05, 0) is 54.8 Å². The fraction of sp³-hybridized carbons (Fsp3) is 0.286. The minimum absolute atomic E-state index is 0.132. The van der Waals surface area contributed by atoms with E-state index >= 15 is 0 Å². The molecule has 148 valence electrons. The number of nitrogens with one attached hydrogen (secondary N) is 2. The molecule has 0 spiro atoms. The third-order valence-electron chi connectivity index (χ3n) is 3.93. The molecule has 0 saturated heterocycles. The van der Waals surface area contributed by atoms with Crippen molar-refractivity contribution in [2.75, 3.05) is 6.61 Å². The van der Waals surface area contributed by atoms with Crippen molar-refractivity contribution in [3.05, 3.63) is 64.7 Å². The SMILES string of the molecule is CCOc1ccc(/C=N/NC(=O)C(NC(=O)c2ccccc2Cl)C(C)C)cc1. The number of hydrazone groups is 1. The molecule has 6 nitrogen and oxygen atoms in total. The predicted molar refractivity (Wildman–Crippen MR) is 111 cm³/mol. The summed E-state index contributed by atoms with van der Waals surface area (Å²) in [4.78, 5) is 24.9. The lowest BCUT2D eigenvalue weighted by molar-refractivity contribution is -0.123. The van der Waals surface area contributed by atoms with Gasteiger partial charge < -0.3 is 10.1 Å². The third-order valence-corrected chi connectivity index (χ3v) is 4.26. The highest BCUT2D eigenvalue weighted by atomic mass is 35.5. The lowest BCUT2D eigenvalue weighted by atomic mass is 10.0. The fourth-order valence-corrected chi connectivity index (χ4v) is 2.68. The van der Waals surface area contributed by atoms with Crippen LogP contribution < -0.4 is 15.5 Å². The first-order valence-electron chi connectivity index (χ1n) is 9.03. The summed E-state index contributed by atoms with van der Waals surface area (Å²) in [5, 5.41) is 7.02. The van der Waals surface area contributed by atoms with Gasteiger partial charge in [0.15, 0.2) is 0 Å². The Labute approximate surface area is 169 Å². The highest BCUT2D eigenvalue weighted by Crippen LogP contribution is 2.15. The zero-order valence-corrected chi connectivity index (χ0v) is 16.9. The summed E-state index contributed by atoms with van der Waals surface area (Å²) in [7, 11) is 0. The van der Waals surface area contributed by atoms with Crippen molar-refractivity contribution < 1.29 is 14.3 Å². The highest BCUT2D eigenvalue weighted by molar-refractivity contribution is 6.33. The number of nitrogens with zero attached hydrogens (tertiary/aromatic N) is 1. The molecule has 0 aromatic heterocycles. The normalized spacial score (nSPS) is 12.0. The van der Waals surface area contributed by atoms with Crippen LogP contribution >= 0.6 is 11.6 Å².